The summed E-state index contributed by atoms with van der Waals surface area (Å²) in [6.45, 7) is 8.92. The number of epoxide rings is 1. The second-order valence-corrected chi connectivity index (χ2v) is 9.57. The van der Waals surface area contributed by atoms with E-state index in [0.29, 0.717) is 17.1 Å². The zero-order valence-electron chi connectivity index (χ0n) is 18.8. The van der Waals surface area contributed by atoms with Crippen molar-refractivity contribution in [2.75, 3.05) is 13.1 Å². The monoisotopic (exact) mass is 443 g/mol. The number of esters is 1. The maximum Gasteiger partial charge on any atom is 0.341 e. The number of benzene rings is 1. The summed E-state index contributed by atoms with van der Waals surface area (Å²) in [4.78, 5) is 25.5. The molecule has 2 N–H and O–H groups in total. The lowest BCUT2D eigenvalue weighted by Crippen LogP contribution is -2.58. The molecule has 4 unspecified atom stereocenters. The van der Waals surface area contributed by atoms with Gasteiger partial charge in [-0.2, -0.15) is 0 Å². The Morgan fingerprint density at radius 3 is 2.59 bits per heavy atom. The van der Waals surface area contributed by atoms with Gasteiger partial charge in [-0.15, -0.1) is 0 Å². The van der Waals surface area contributed by atoms with Gasteiger partial charge < -0.3 is 29.1 Å². The number of rotatable bonds is 3. The van der Waals surface area contributed by atoms with Gasteiger partial charge in [0.1, 0.15) is 39.9 Å². The molecule has 3 aliphatic heterocycles. The Bertz CT molecular complexity index is 1150. The average Bonchev–Trinajstić information content (AvgIpc) is 3.37. The van der Waals surface area contributed by atoms with Gasteiger partial charge in [-0.25, -0.2) is 4.79 Å². The first-order valence-electron chi connectivity index (χ1n) is 11.2. The predicted molar refractivity (Wildman–Crippen MR) is 116 cm³/mol. The van der Waals surface area contributed by atoms with Crippen molar-refractivity contribution >= 4 is 16.9 Å². The molecular formula is C24H29NO7. The normalized spacial score (nSPS) is 32.2. The zero-order valence-corrected chi connectivity index (χ0v) is 18.8. The first-order chi connectivity index (χ1) is 15.1. The fourth-order valence-electron chi connectivity index (χ4n) is 5.11. The predicted octanol–water partition coefficient (Wildman–Crippen LogP) is 2.59. The van der Waals surface area contributed by atoms with Crippen LogP contribution in [-0.4, -0.2) is 47.6 Å². The molecule has 172 valence electrons. The van der Waals surface area contributed by atoms with Crippen LogP contribution in [0.2, 0.25) is 0 Å². The van der Waals surface area contributed by atoms with Gasteiger partial charge in [0.2, 0.25) is 0 Å². The Labute approximate surface area is 185 Å². The number of phenolic OH excluding ortho intramolecular Hbond substituents is 1. The van der Waals surface area contributed by atoms with Gasteiger partial charge in [-0.05, 0) is 53.6 Å². The van der Waals surface area contributed by atoms with Crippen LogP contribution in [0.25, 0.3) is 11.0 Å². The molecule has 4 atom stereocenters. The topological polar surface area (TPSA) is 111 Å². The molecule has 0 saturated carbocycles. The molecule has 3 aliphatic rings. The fourth-order valence-corrected chi connectivity index (χ4v) is 5.11. The maximum absolute atomic E-state index is 12.9. The van der Waals surface area contributed by atoms with Gasteiger partial charge >= 0.3 is 5.97 Å². The van der Waals surface area contributed by atoms with Crippen LogP contribution in [-0.2, 0) is 20.7 Å². The van der Waals surface area contributed by atoms with E-state index in [1.807, 2.05) is 13.8 Å². The Balaban J connectivity index is 1.59. The number of fused-ring (bicyclic) bond motifs is 2. The van der Waals surface area contributed by atoms with Crippen LogP contribution in [0, 0.1) is 12.8 Å². The molecule has 4 heterocycles. The van der Waals surface area contributed by atoms with Crippen molar-refractivity contribution in [3.8, 4) is 11.5 Å². The summed E-state index contributed by atoms with van der Waals surface area (Å²) in [7, 11) is 0. The Hall–Kier alpha value is -2.58. The second kappa shape index (κ2) is 7.22. The molecule has 0 bridgehead atoms. The zero-order chi connectivity index (χ0) is 22.8. The largest absolute Gasteiger partial charge is 0.507 e. The molecule has 8 heteroatoms. The molecule has 0 amide bonds. The van der Waals surface area contributed by atoms with Gasteiger partial charge in [0.15, 0.2) is 11.0 Å². The molecule has 8 nitrogen and oxygen atoms in total. The highest BCUT2D eigenvalue weighted by Crippen LogP contribution is 2.47. The number of carbonyl (C=O) groups is 1. The van der Waals surface area contributed by atoms with Gasteiger partial charge in [-0.3, -0.25) is 4.79 Å². The van der Waals surface area contributed by atoms with E-state index >= 15 is 0 Å². The minimum atomic E-state index is -0.959. The van der Waals surface area contributed by atoms with E-state index in [-0.39, 0.29) is 40.6 Å². The third-order valence-electron chi connectivity index (χ3n) is 7.48. The molecular weight excluding hydrogens is 414 g/mol. The van der Waals surface area contributed by atoms with Crippen molar-refractivity contribution < 1.29 is 28.5 Å². The summed E-state index contributed by atoms with van der Waals surface area (Å²) in [5.74, 6) is 0.443. The summed E-state index contributed by atoms with van der Waals surface area (Å²) in [6, 6.07) is 3.02. The van der Waals surface area contributed by atoms with Crippen molar-refractivity contribution in [1.82, 2.24) is 5.32 Å². The van der Waals surface area contributed by atoms with E-state index in [2.05, 4.69) is 5.32 Å². The highest BCUT2D eigenvalue weighted by atomic mass is 16.7. The van der Waals surface area contributed by atoms with Crippen LogP contribution in [0.3, 0.4) is 0 Å². The summed E-state index contributed by atoms with van der Waals surface area (Å²) >= 11 is 0. The third-order valence-corrected chi connectivity index (χ3v) is 7.48. The van der Waals surface area contributed by atoms with Gasteiger partial charge in [0, 0.05) is 30.0 Å². The van der Waals surface area contributed by atoms with Crippen LogP contribution >= 0.6 is 0 Å². The minimum absolute atomic E-state index is 0.111. The average molecular weight is 443 g/mol. The van der Waals surface area contributed by atoms with Gasteiger partial charge in [0.25, 0.3) is 0 Å². The van der Waals surface area contributed by atoms with Crippen molar-refractivity contribution in [1.29, 1.82) is 0 Å². The van der Waals surface area contributed by atoms with E-state index < -0.39 is 23.3 Å². The number of aryl methyl sites for hydroxylation is 1. The quantitative estimate of drug-likeness (QED) is 0.550. The highest BCUT2D eigenvalue weighted by molar-refractivity contribution is 5.87. The van der Waals surface area contributed by atoms with Crippen LogP contribution in [0.15, 0.2) is 21.3 Å². The van der Waals surface area contributed by atoms with Crippen molar-refractivity contribution in [2.45, 2.75) is 70.4 Å². The van der Waals surface area contributed by atoms with Crippen LogP contribution in [0.1, 0.15) is 44.9 Å². The van der Waals surface area contributed by atoms with Crippen LogP contribution in [0.4, 0.5) is 0 Å². The number of nitrogens with one attached hydrogen (secondary N) is 1. The SMILES string of the molecule is Cc1cc(=O)c2c(O)c3c(cc2o1)OC(C)(C1CCNCC1)C(OC(=O)C1(C)OC1C)C3. The molecule has 1 aromatic carbocycles. The molecule has 0 aliphatic carbocycles. The number of piperidine rings is 1. The van der Waals surface area contributed by atoms with E-state index in [0.717, 1.165) is 25.9 Å². The van der Waals surface area contributed by atoms with Gasteiger partial charge in [0.05, 0.1) is 6.10 Å². The first-order valence-corrected chi connectivity index (χ1v) is 11.2. The smallest absolute Gasteiger partial charge is 0.341 e. The summed E-state index contributed by atoms with van der Waals surface area (Å²) in [6.07, 6.45) is 1.14. The summed E-state index contributed by atoms with van der Waals surface area (Å²) in [5, 5.41) is 14.5. The molecule has 32 heavy (non-hydrogen) atoms. The maximum atomic E-state index is 12.9. The van der Waals surface area contributed by atoms with E-state index in [1.54, 1.807) is 19.9 Å². The van der Waals surface area contributed by atoms with E-state index in [4.69, 9.17) is 18.6 Å². The number of hydrogen-bond donors (Lipinski definition) is 2. The van der Waals surface area contributed by atoms with Crippen molar-refractivity contribution in [3.05, 3.63) is 33.7 Å². The van der Waals surface area contributed by atoms with E-state index in [9.17, 15) is 14.7 Å². The standard InChI is InChI=1S/C24H29NO7/c1-12-9-16(26)20-18(29-12)11-17-15(21(20)27)10-19(30-22(28)23(3)13(2)31-23)24(4,32-17)14-5-7-25-8-6-14/h9,11,13-14,19,25,27H,5-8,10H2,1-4H3. The van der Waals surface area contributed by atoms with Crippen LogP contribution in [0.5, 0.6) is 11.5 Å². The number of hydrogen-bond acceptors (Lipinski definition) is 8. The van der Waals surface area contributed by atoms with E-state index in [1.165, 1.54) is 6.07 Å². The molecule has 2 saturated heterocycles. The fraction of sp³-hybridized carbons (Fsp3) is 0.583. The molecule has 5 rings (SSSR count). The first kappa shape index (κ1) is 21.3. The molecule has 2 aromatic rings. The lowest BCUT2D eigenvalue weighted by Gasteiger charge is -2.47. The summed E-state index contributed by atoms with van der Waals surface area (Å²) < 4.78 is 23.7. The molecule has 0 spiro atoms. The third kappa shape index (κ3) is 3.19. The Morgan fingerprint density at radius 2 is 1.94 bits per heavy atom. The molecule has 2 fully saturated rings. The highest BCUT2D eigenvalue weighted by Gasteiger charge is 2.59. The number of ether oxygens (including phenoxy) is 3. The number of aromatic hydroxyl groups is 1. The minimum Gasteiger partial charge on any atom is -0.507 e. The number of phenols is 1. The molecule has 0 radical (unpaired) electrons. The van der Waals surface area contributed by atoms with Crippen molar-refractivity contribution in [2.24, 2.45) is 5.92 Å². The van der Waals surface area contributed by atoms with Crippen LogP contribution < -0.4 is 15.5 Å². The Morgan fingerprint density at radius 1 is 1.25 bits per heavy atom. The van der Waals surface area contributed by atoms with Gasteiger partial charge in [-0.1, -0.05) is 0 Å². The number of carbonyl (C=O) groups excluding carboxylic acids is 1. The lowest BCUT2D eigenvalue weighted by atomic mass is 9.75. The molecule has 1 aromatic heterocycles. The summed E-state index contributed by atoms with van der Waals surface area (Å²) in [5.41, 5.74) is -1.35. The Kier molecular flexibility index (Phi) is 4.80. The lowest BCUT2D eigenvalue weighted by molar-refractivity contribution is -0.175. The second-order valence-electron chi connectivity index (χ2n) is 9.57. The van der Waals surface area contributed by atoms with Crippen molar-refractivity contribution in [3.63, 3.8) is 0 Å².